The minimum atomic E-state index is -0.527. The van der Waals surface area contributed by atoms with Gasteiger partial charge in [-0.3, -0.25) is 20.8 Å². The molecule has 3 heterocycles. The van der Waals surface area contributed by atoms with Crippen molar-refractivity contribution in [1.29, 1.82) is 10.8 Å². The Bertz CT molecular complexity index is 1060. The largest absolute Gasteiger partial charge is 0.426 e. The normalized spacial score (nSPS) is 14.2. The fourth-order valence-corrected chi connectivity index (χ4v) is 4.05. The number of fused-ring (bicyclic) bond motifs is 3. The van der Waals surface area contributed by atoms with Gasteiger partial charge in [-0.05, 0) is 6.07 Å². The van der Waals surface area contributed by atoms with Crippen LogP contribution >= 0.6 is 23.2 Å². The average molecular weight is 421 g/mol. The molecule has 0 radical (unpaired) electrons. The van der Waals surface area contributed by atoms with E-state index >= 15 is 0 Å². The molecule has 1 aliphatic heterocycles. The van der Waals surface area contributed by atoms with Crippen molar-refractivity contribution < 1.29 is 9.84 Å². The molecule has 10 heteroatoms. The molecule has 4 N–H and O–H groups in total. The van der Waals surface area contributed by atoms with Crippen molar-refractivity contribution in [1.82, 2.24) is 19.7 Å². The standard InChI is InChI=1S/C18H18Cl2N6O2/c19-12-2-1-11-16(10-5-23-24-6-10)13-7-25(8-14(21)28-15(22)9-27)3-4-26(13)18(11)17(12)20/h1-2,5-6,21-22,27H,3-4,7-9H2,(H,23,24). The number of hydrogen-bond acceptors (Lipinski definition) is 6. The fraction of sp³-hybridized carbons (Fsp3) is 0.278. The van der Waals surface area contributed by atoms with Gasteiger partial charge in [-0.2, -0.15) is 5.10 Å². The highest BCUT2D eigenvalue weighted by molar-refractivity contribution is 6.45. The first-order chi connectivity index (χ1) is 13.5. The molecule has 0 bridgehead atoms. The van der Waals surface area contributed by atoms with E-state index in [2.05, 4.69) is 19.7 Å². The van der Waals surface area contributed by atoms with Crippen molar-refractivity contribution in [2.45, 2.75) is 13.1 Å². The van der Waals surface area contributed by atoms with Gasteiger partial charge in [-0.15, -0.1) is 0 Å². The number of benzene rings is 1. The number of H-pyrrole nitrogens is 1. The average Bonchev–Trinajstić information content (AvgIpc) is 3.29. The number of aliphatic hydroxyl groups is 1. The molecule has 0 spiro atoms. The highest BCUT2D eigenvalue weighted by atomic mass is 35.5. The van der Waals surface area contributed by atoms with Crippen LogP contribution in [-0.4, -0.2) is 56.3 Å². The smallest absolute Gasteiger partial charge is 0.214 e. The predicted molar refractivity (Wildman–Crippen MR) is 108 cm³/mol. The molecule has 0 saturated heterocycles. The highest BCUT2D eigenvalue weighted by Gasteiger charge is 2.27. The Morgan fingerprint density at radius 3 is 2.79 bits per heavy atom. The van der Waals surface area contributed by atoms with Gasteiger partial charge >= 0.3 is 0 Å². The van der Waals surface area contributed by atoms with Crippen molar-refractivity contribution in [2.75, 3.05) is 19.7 Å². The molecule has 0 saturated carbocycles. The van der Waals surface area contributed by atoms with Gasteiger partial charge in [0.05, 0.1) is 28.3 Å². The number of nitrogens with one attached hydrogen (secondary N) is 3. The van der Waals surface area contributed by atoms with E-state index in [1.165, 1.54) is 0 Å². The first-order valence-corrected chi connectivity index (χ1v) is 9.39. The molecule has 0 fully saturated rings. The van der Waals surface area contributed by atoms with E-state index in [0.717, 1.165) is 27.7 Å². The van der Waals surface area contributed by atoms with E-state index in [0.29, 0.717) is 29.7 Å². The number of nitrogens with zero attached hydrogens (tertiary/aromatic N) is 3. The summed E-state index contributed by atoms with van der Waals surface area (Å²) in [5.41, 5.74) is 3.93. The molecule has 0 aliphatic carbocycles. The summed E-state index contributed by atoms with van der Waals surface area (Å²) in [4.78, 5) is 2.06. The number of aromatic amines is 1. The van der Waals surface area contributed by atoms with Gasteiger partial charge in [0, 0.05) is 48.0 Å². The third kappa shape index (κ3) is 3.29. The zero-order valence-corrected chi connectivity index (χ0v) is 16.3. The monoisotopic (exact) mass is 420 g/mol. The van der Waals surface area contributed by atoms with E-state index < -0.39 is 6.61 Å². The summed E-state index contributed by atoms with van der Waals surface area (Å²) in [7, 11) is 0. The van der Waals surface area contributed by atoms with Gasteiger partial charge < -0.3 is 14.4 Å². The van der Waals surface area contributed by atoms with Crippen LogP contribution in [0.1, 0.15) is 5.69 Å². The first kappa shape index (κ1) is 18.9. The highest BCUT2D eigenvalue weighted by Crippen LogP contribution is 2.41. The zero-order chi connectivity index (χ0) is 19.8. The molecular formula is C18H18Cl2N6O2. The van der Waals surface area contributed by atoms with Crippen LogP contribution in [0.2, 0.25) is 10.0 Å². The Kier molecular flexibility index (Phi) is 5.11. The summed E-state index contributed by atoms with van der Waals surface area (Å²) < 4.78 is 7.17. The molecule has 4 rings (SSSR count). The summed E-state index contributed by atoms with van der Waals surface area (Å²) in [5, 5.41) is 33.2. The second-order valence-electron chi connectivity index (χ2n) is 6.54. The lowest BCUT2D eigenvalue weighted by Crippen LogP contribution is -2.38. The van der Waals surface area contributed by atoms with E-state index in [-0.39, 0.29) is 18.3 Å². The predicted octanol–water partition coefficient (Wildman–Crippen LogP) is 3.12. The molecule has 146 valence electrons. The number of aromatic nitrogens is 3. The maximum absolute atomic E-state index is 8.90. The molecule has 3 aromatic rings. The van der Waals surface area contributed by atoms with Crippen LogP contribution in [0.3, 0.4) is 0 Å². The Morgan fingerprint density at radius 1 is 1.25 bits per heavy atom. The quantitative estimate of drug-likeness (QED) is 0.383. The SMILES string of the molecule is N=C(CO)OC(=N)CN1CCn2c(c(-c3cn[nH]c3)c3ccc(Cl)c(Cl)c32)C1. The lowest BCUT2D eigenvalue weighted by molar-refractivity contribution is 0.240. The third-order valence-corrected chi connectivity index (χ3v) is 5.57. The summed E-state index contributed by atoms with van der Waals surface area (Å²) in [6.45, 7) is 1.64. The maximum Gasteiger partial charge on any atom is 0.214 e. The van der Waals surface area contributed by atoms with Crippen LogP contribution in [0.15, 0.2) is 24.5 Å². The molecule has 0 unspecified atom stereocenters. The van der Waals surface area contributed by atoms with E-state index in [9.17, 15) is 0 Å². The number of aliphatic hydroxyl groups excluding tert-OH is 1. The van der Waals surface area contributed by atoms with Crippen LogP contribution in [0.25, 0.3) is 22.0 Å². The molecule has 8 nitrogen and oxygen atoms in total. The molecule has 2 aromatic heterocycles. The number of halogens is 2. The van der Waals surface area contributed by atoms with Gasteiger partial charge in [0.1, 0.15) is 6.61 Å². The van der Waals surface area contributed by atoms with Gasteiger partial charge in [0.2, 0.25) is 11.8 Å². The second kappa shape index (κ2) is 7.56. The van der Waals surface area contributed by atoms with Gasteiger partial charge in [0.15, 0.2) is 0 Å². The fourth-order valence-electron chi connectivity index (χ4n) is 3.64. The molecule has 1 aromatic carbocycles. The minimum absolute atomic E-state index is 0.0745. The van der Waals surface area contributed by atoms with Crippen LogP contribution in [0, 0.1) is 10.8 Å². The number of rotatable bonds is 4. The van der Waals surface area contributed by atoms with Crippen molar-refractivity contribution in [3.05, 3.63) is 40.3 Å². The van der Waals surface area contributed by atoms with Crippen LogP contribution in [0.4, 0.5) is 0 Å². The summed E-state index contributed by atoms with van der Waals surface area (Å²) >= 11 is 12.8. The second-order valence-corrected chi connectivity index (χ2v) is 7.32. The van der Waals surface area contributed by atoms with Crippen molar-refractivity contribution in [3.8, 4) is 11.1 Å². The number of ether oxygens (including phenoxy) is 1. The molecule has 1 aliphatic rings. The molecule has 0 atom stereocenters. The summed E-state index contributed by atoms with van der Waals surface area (Å²) in [5.74, 6) is -0.411. The zero-order valence-electron chi connectivity index (χ0n) is 14.8. The Hall–Kier alpha value is -2.39. The van der Waals surface area contributed by atoms with Crippen molar-refractivity contribution in [2.24, 2.45) is 0 Å². The molecular weight excluding hydrogens is 403 g/mol. The van der Waals surface area contributed by atoms with E-state index in [1.54, 1.807) is 12.3 Å². The van der Waals surface area contributed by atoms with Crippen LogP contribution in [0.5, 0.6) is 0 Å². The Morgan fingerprint density at radius 2 is 2.07 bits per heavy atom. The lowest BCUT2D eigenvalue weighted by Gasteiger charge is -2.29. The van der Waals surface area contributed by atoms with Crippen LogP contribution in [-0.2, 0) is 17.8 Å². The lowest BCUT2D eigenvalue weighted by atomic mass is 10.0. The minimum Gasteiger partial charge on any atom is -0.426 e. The van der Waals surface area contributed by atoms with Crippen molar-refractivity contribution in [3.63, 3.8) is 0 Å². The Labute approximate surface area is 170 Å². The Balaban J connectivity index is 1.74. The maximum atomic E-state index is 8.90. The molecule has 28 heavy (non-hydrogen) atoms. The number of hydrogen-bond donors (Lipinski definition) is 4. The van der Waals surface area contributed by atoms with E-state index in [1.807, 2.05) is 12.3 Å². The van der Waals surface area contributed by atoms with Gasteiger partial charge in [0.25, 0.3) is 0 Å². The van der Waals surface area contributed by atoms with E-state index in [4.69, 9.17) is 43.9 Å². The third-order valence-electron chi connectivity index (χ3n) is 4.78. The summed E-state index contributed by atoms with van der Waals surface area (Å²) in [6.07, 6.45) is 3.61. The topological polar surface area (TPSA) is 114 Å². The van der Waals surface area contributed by atoms with Crippen LogP contribution < -0.4 is 0 Å². The summed E-state index contributed by atoms with van der Waals surface area (Å²) in [6, 6.07) is 3.76. The first-order valence-electron chi connectivity index (χ1n) is 8.63. The van der Waals surface area contributed by atoms with Gasteiger partial charge in [-0.1, -0.05) is 29.3 Å². The van der Waals surface area contributed by atoms with Crippen molar-refractivity contribution >= 4 is 45.9 Å². The molecule has 0 amide bonds. The van der Waals surface area contributed by atoms with Gasteiger partial charge in [-0.25, -0.2) is 0 Å².